The Hall–Kier alpha value is -2.57. The third kappa shape index (κ3) is 3.55. The van der Waals surface area contributed by atoms with E-state index in [-0.39, 0.29) is 18.4 Å². The van der Waals surface area contributed by atoms with Crippen LogP contribution in [0.3, 0.4) is 0 Å². The largest absolute Gasteiger partial charge is 0.453 e. The van der Waals surface area contributed by atoms with Crippen molar-refractivity contribution in [2.75, 3.05) is 31.6 Å². The Kier molecular flexibility index (Phi) is 4.98. The van der Waals surface area contributed by atoms with Gasteiger partial charge in [0.25, 0.3) is 0 Å². The number of carbonyl (C=O) groups excluding carboxylic acids is 3. The molecule has 0 bridgehead atoms. The number of hydrogen-bond donors (Lipinski definition) is 1. The van der Waals surface area contributed by atoms with Crippen LogP contribution in [0.4, 0.5) is 10.5 Å². The van der Waals surface area contributed by atoms with Gasteiger partial charge in [-0.3, -0.25) is 9.59 Å². The second-order valence-corrected chi connectivity index (χ2v) is 5.00. The van der Waals surface area contributed by atoms with Crippen molar-refractivity contribution < 1.29 is 19.1 Å². The number of methoxy groups -OCH3 is 1. The van der Waals surface area contributed by atoms with Crippen molar-refractivity contribution in [3.63, 3.8) is 0 Å². The third-order valence-electron chi connectivity index (χ3n) is 3.49. The summed E-state index contributed by atoms with van der Waals surface area (Å²) in [4.78, 5) is 38.7. The van der Waals surface area contributed by atoms with E-state index in [1.165, 1.54) is 12.0 Å². The lowest BCUT2D eigenvalue weighted by atomic mass is 10.2. The fourth-order valence-corrected chi connectivity index (χ4v) is 2.31. The third-order valence-corrected chi connectivity index (χ3v) is 3.49. The van der Waals surface area contributed by atoms with Crippen molar-refractivity contribution in [3.05, 3.63) is 30.3 Å². The van der Waals surface area contributed by atoms with Gasteiger partial charge < -0.3 is 19.9 Å². The first kappa shape index (κ1) is 15.8. The van der Waals surface area contributed by atoms with Crippen LogP contribution in [-0.2, 0) is 14.3 Å². The lowest BCUT2D eigenvalue weighted by molar-refractivity contribution is -0.138. The van der Waals surface area contributed by atoms with Crippen LogP contribution in [0.5, 0.6) is 0 Å². The summed E-state index contributed by atoms with van der Waals surface area (Å²) in [6.07, 6.45) is -0.671. The van der Waals surface area contributed by atoms with Crippen LogP contribution in [0.1, 0.15) is 6.92 Å². The highest BCUT2D eigenvalue weighted by Crippen LogP contribution is 2.16. The topological polar surface area (TPSA) is 79.0 Å². The summed E-state index contributed by atoms with van der Waals surface area (Å²) in [5.74, 6) is -0.442. The number of hydrogen-bond acceptors (Lipinski definition) is 4. The van der Waals surface area contributed by atoms with Gasteiger partial charge in [-0.15, -0.1) is 0 Å². The molecule has 1 aromatic rings. The van der Waals surface area contributed by atoms with E-state index in [9.17, 15) is 14.4 Å². The van der Waals surface area contributed by atoms with Crippen LogP contribution in [0.2, 0.25) is 0 Å². The molecule has 0 radical (unpaired) electrons. The molecular weight excluding hydrogens is 286 g/mol. The maximum Gasteiger partial charge on any atom is 0.407 e. The van der Waals surface area contributed by atoms with Gasteiger partial charge in [0.2, 0.25) is 11.8 Å². The summed E-state index contributed by atoms with van der Waals surface area (Å²) in [6.45, 7) is 2.42. The number of alkyl carbamates (subject to hydrolysis) is 1. The average molecular weight is 305 g/mol. The maximum absolute atomic E-state index is 12.2. The molecule has 1 aliphatic rings. The van der Waals surface area contributed by atoms with E-state index in [0.717, 1.165) is 5.69 Å². The van der Waals surface area contributed by atoms with E-state index in [0.29, 0.717) is 13.1 Å². The number of nitrogens with zero attached hydrogens (tertiary/aromatic N) is 2. The molecule has 1 aliphatic heterocycles. The molecule has 7 heteroatoms. The normalized spacial score (nSPS) is 16.2. The van der Waals surface area contributed by atoms with Crippen LogP contribution in [0.15, 0.2) is 30.3 Å². The smallest absolute Gasteiger partial charge is 0.407 e. The van der Waals surface area contributed by atoms with Crippen molar-refractivity contribution in [2.24, 2.45) is 0 Å². The van der Waals surface area contributed by atoms with Gasteiger partial charge in [-0.25, -0.2) is 4.79 Å². The maximum atomic E-state index is 12.2. The summed E-state index contributed by atoms with van der Waals surface area (Å²) < 4.78 is 4.46. The van der Waals surface area contributed by atoms with Gasteiger partial charge >= 0.3 is 6.09 Å². The van der Waals surface area contributed by atoms with Gasteiger partial charge in [-0.05, 0) is 19.1 Å². The molecule has 1 saturated heterocycles. The average Bonchev–Trinajstić information content (AvgIpc) is 2.54. The van der Waals surface area contributed by atoms with Gasteiger partial charge in [0.1, 0.15) is 12.6 Å². The highest BCUT2D eigenvalue weighted by atomic mass is 16.5. The number of para-hydroxylation sites is 1. The number of anilines is 1. The SMILES string of the molecule is COC(=O)NC(C)C(=O)N1CCN(c2ccccc2)C(=O)C1. The number of benzene rings is 1. The summed E-state index contributed by atoms with van der Waals surface area (Å²) in [6, 6.07) is 8.59. The van der Waals surface area contributed by atoms with Crippen molar-refractivity contribution >= 4 is 23.6 Å². The molecule has 7 nitrogen and oxygen atoms in total. The fraction of sp³-hybridized carbons (Fsp3) is 0.400. The van der Waals surface area contributed by atoms with Crippen molar-refractivity contribution in [1.29, 1.82) is 0 Å². The Morgan fingerprint density at radius 2 is 1.91 bits per heavy atom. The first-order valence-corrected chi connectivity index (χ1v) is 7.01. The summed E-state index contributed by atoms with van der Waals surface area (Å²) in [5, 5.41) is 2.41. The van der Waals surface area contributed by atoms with E-state index in [2.05, 4.69) is 10.1 Å². The summed E-state index contributed by atoms with van der Waals surface area (Å²) in [5.41, 5.74) is 0.820. The molecule has 2 rings (SSSR count). The highest BCUT2D eigenvalue weighted by Gasteiger charge is 2.30. The molecule has 22 heavy (non-hydrogen) atoms. The number of nitrogens with one attached hydrogen (secondary N) is 1. The predicted octanol–water partition coefficient (Wildman–Crippen LogP) is 0.606. The van der Waals surface area contributed by atoms with Gasteiger partial charge in [0.05, 0.1) is 7.11 Å². The van der Waals surface area contributed by atoms with E-state index < -0.39 is 12.1 Å². The molecule has 0 aromatic heterocycles. The molecule has 1 N–H and O–H groups in total. The Morgan fingerprint density at radius 3 is 2.50 bits per heavy atom. The van der Waals surface area contributed by atoms with Crippen LogP contribution >= 0.6 is 0 Å². The van der Waals surface area contributed by atoms with Gasteiger partial charge in [-0.2, -0.15) is 0 Å². The molecule has 3 amide bonds. The van der Waals surface area contributed by atoms with Crippen LogP contribution in [0.25, 0.3) is 0 Å². The lowest BCUT2D eigenvalue weighted by Crippen LogP contribution is -2.56. The molecule has 0 saturated carbocycles. The second kappa shape index (κ2) is 6.93. The lowest BCUT2D eigenvalue weighted by Gasteiger charge is -2.35. The minimum atomic E-state index is -0.733. The monoisotopic (exact) mass is 305 g/mol. The zero-order valence-corrected chi connectivity index (χ0v) is 12.6. The fourth-order valence-electron chi connectivity index (χ4n) is 2.31. The van der Waals surface area contributed by atoms with Crippen molar-refractivity contribution in [2.45, 2.75) is 13.0 Å². The molecule has 1 atom stereocenters. The summed E-state index contributed by atoms with van der Waals surface area (Å²) >= 11 is 0. The summed E-state index contributed by atoms with van der Waals surface area (Å²) in [7, 11) is 1.23. The van der Waals surface area contributed by atoms with Crippen LogP contribution < -0.4 is 10.2 Å². The Morgan fingerprint density at radius 1 is 1.23 bits per heavy atom. The van der Waals surface area contributed by atoms with Crippen molar-refractivity contribution in [1.82, 2.24) is 10.2 Å². The van der Waals surface area contributed by atoms with E-state index in [1.54, 1.807) is 11.8 Å². The standard InChI is InChI=1S/C15H19N3O4/c1-11(16-15(21)22-2)14(20)17-8-9-18(13(19)10-17)12-6-4-3-5-7-12/h3-7,11H,8-10H2,1-2H3,(H,16,21). The zero-order chi connectivity index (χ0) is 16.1. The number of piperazine rings is 1. The highest BCUT2D eigenvalue weighted by molar-refractivity contribution is 5.98. The molecule has 1 aromatic carbocycles. The molecule has 118 valence electrons. The molecular formula is C15H19N3O4. The zero-order valence-electron chi connectivity index (χ0n) is 12.6. The first-order chi connectivity index (χ1) is 10.5. The molecule has 1 heterocycles. The van der Waals surface area contributed by atoms with E-state index >= 15 is 0 Å². The van der Waals surface area contributed by atoms with Gasteiger partial charge in [0, 0.05) is 18.8 Å². The molecule has 1 unspecified atom stereocenters. The Labute approximate surface area is 128 Å². The molecule has 0 spiro atoms. The molecule has 1 fully saturated rings. The van der Waals surface area contributed by atoms with Crippen molar-refractivity contribution in [3.8, 4) is 0 Å². The van der Waals surface area contributed by atoms with Gasteiger partial charge in [-0.1, -0.05) is 18.2 Å². The van der Waals surface area contributed by atoms with Crippen LogP contribution in [-0.4, -0.2) is 55.6 Å². The molecule has 0 aliphatic carbocycles. The van der Waals surface area contributed by atoms with E-state index in [4.69, 9.17) is 0 Å². The number of carbonyl (C=O) groups is 3. The van der Waals surface area contributed by atoms with Crippen LogP contribution in [0, 0.1) is 0 Å². The minimum Gasteiger partial charge on any atom is -0.453 e. The first-order valence-electron chi connectivity index (χ1n) is 7.01. The number of amides is 3. The Bertz CT molecular complexity index is 561. The Balaban J connectivity index is 1.96. The quantitative estimate of drug-likeness (QED) is 0.887. The number of rotatable bonds is 3. The number of ether oxygens (including phenoxy) is 1. The minimum absolute atomic E-state index is 0.000913. The van der Waals surface area contributed by atoms with Gasteiger partial charge in [0.15, 0.2) is 0 Å². The second-order valence-electron chi connectivity index (χ2n) is 5.00. The predicted molar refractivity (Wildman–Crippen MR) is 80.4 cm³/mol. The van der Waals surface area contributed by atoms with E-state index in [1.807, 2.05) is 30.3 Å².